The lowest BCUT2D eigenvalue weighted by Crippen LogP contribution is -2.13. The number of fused-ring (bicyclic) bond motifs is 1. The topological polar surface area (TPSA) is 85.1 Å². The lowest BCUT2D eigenvalue weighted by atomic mass is 10.2. The van der Waals surface area contributed by atoms with Crippen LogP contribution >= 0.6 is 11.6 Å². The molecule has 4 rings (SSSR count). The largest absolute Gasteiger partial charge is 0.477 e. The fourth-order valence-corrected chi connectivity index (χ4v) is 4.12. The summed E-state index contributed by atoms with van der Waals surface area (Å²) in [6.45, 7) is 4.00. The molecule has 0 amide bonds. The van der Waals surface area contributed by atoms with E-state index in [0.717, 1.165) is 5.56 Å². The highest BCUT2D eigenvalue weighted by molar-refractivity contribution is 7.83. The third-order valence-electron chi connectivity index (χ3n) is 3.93. The van der Waals surface area contributed by atoms with Crippen molar-refractivity contribution in [3.05, 3.63) is 77.6 Å². The number of aromatic carboxylic acids is 1. The molecule has 2 aromatic carbocycles. The first-order valence-corrected chi connectivity index (χ1v) is 10.4. The molecular formula is C21H18ClN3O3S. The molecule has 1 unspecified atom stereocenters. The lowest BCUT2D eigenvalue weighted by molar-refractivity contribution is 0.0690. The summed E-state index contributed by atoms with van der Waals surface area (Å²) < 4.78 is 14.3. The number of rotatable bonds is 4. The second-order valence-corrected chi connectivity index (χ2v) is 7.33. The first-order valence-electron chi connectivity index (χ1n) is 8.91. The standard InChI is InChI=1S/C19H12ClN3O3S.C2H6/c20-16-14-11-15(19(24)25)23(27(26)13-9-5-2-6-10-13)18(14)22-17(21-16)12-7-3-1-4-8-12;1-2/h1-11H,(H,24,25);1-2H3. The molecule has 6 nitrogen and oxygen atoms in total. The van der Waals surface area contributed by atoms with Crippen LogP contribution in [0.3, 0.4) is 0 Å². The zero-order chi connectivity index (χ0) is 21.0. The molecule has 1 N–H and O–H groups in total. The zero-order valence-corrected chi connectivity index (χ0v) is 17.3. The minimum absolute atomic E-state index is 0.102. The average Bonchev–Trinajstić information content (AvgIpc) is 3.16. The van der Waals surface area contributed by atoms with E-state index < -0.39 is 17.0 Å². The number of benzene rings is 2. The van der Waals surface area contributed by atoms with Crippen LogP contribution in [-0.2, 0) is 11.0 Å². The molecule has 0 aliphatic carbocycles. The third kappa shape index (κ3) is 4.06. The highest BCUT2D eigenvalue weighted by Gasteiger charge is 2.24. The van der Waals surface area contributed by atoms with Crippen molar-refractivity contribution in [1.29, 1.82) is 0 Å². The summed E-state index contributed by atoms with van der Waals surface area (Å²) in [5.41, 5.74) is 0.749. The Balaban J connectivity index is 0.00000117. The molecule has 0 fully saturated rings. The number of nitrogens with zero attached hydrogens (tertiary/aromatic N) is 3. The van der Waals surface area contributed by atoms with Crippen LogP contribution in [0, 0.1) is 0 Å². The Hall–Kier alpha value is -3.03. The smallest absolute Gasteiger partial charge is 0.353 e. The number of carboxylic acids is 1. The van der Waals surface area contributed by atoms with E-state index in [0.29, 0.717) is 16.1 Å². The van der Waals surface area contributed by atoms with E-state index in [9.17, 15) is 14.1 Å². The SMILES string of the molecule is CC.O=C(O)c1cc2c(Cl)nc(-c3ccccc3)nc2n1S(=O)c1ccccc1. The number of hydrogen-bond acceptors (Lipinski definition) is 4. The van der Waals surface area contributed by atoms with E-state index in [1.165, 1.54) is 10.0 Å². The maximum absolute atomic E-state index is 13.1. The van der Waals surface area contributed by atoms with Crippen molar-refractivity contribution in [2.24, 2.45) is 0 Å². The van der Waals surface area contributed by atoms with Crippen LogP contribution < -0.4 is 0 Å². The van der Waals surface area contributed by atoms with E-state index in [1.54, 1.807) is 30.3 Å². The van der Waals surface area contributed by atoms with Crippen LogP contribution in [0.5, 0.6) is 0 Å². The summed E-state index contributed by atoms with van der Waals surface area (Å²) in [7, 11) is -1.81. The zero-order valence-electron chi connectivity index (χ0n) is 15.7. The van der Waals surface area contributed by atoms with Crippen LogP contribution in [0.25, 0.3) is 22.4 Å². The Morgan fingerprint density at radius 1 is 1.00 bits per heavy atom. The van der Waals surface area contributed by atoms with Crippen LogP contribution in [-0.4, -0.2) is 29.2 Å². The van der Waals surface area contributed by atoms with Crippen molar-refractivity contribution in [1.82, 2.24) is 13.9 Å². The Morgan fingerprint density at radius 3 is 2.17 bits per heavy atom. The molecule has 29 heavy (non-hydrogen) atoms. The normalized spacial score (nSPS) is 11.6. The fraction of sp³-hybridized carbons (Fsp3) is 0.0952. The van der Waals surface area contributed by atoms with Crippen molar-refractivity contribution in [3.8, 4) is 11.4 Å². The van der Waals surface area contributed by atoms with Crippen LogP contribution in [0.4, 0.5) is 0 Å². The highest BCUT2D eigenvalue weighted by Crippen LogP contribution is 2.29. The first-order chi connectivity index (χ1) is 14.1. The van der Waals surface area contributed by atoms with Crippen LogP contribution in [0.15, 0.2) is 71.6 Å². The summed E-state index contributed by atoms with van der Waals surface area (Å²) in [4.78, 5) is 20.9. The molecule has 8 heteroatoms. The van der Waals surface area contributed by atoms with Gasteiger partial charge in [0.2, 0.25) is 0 Å². The van der Waals surface area contributed by atoms with Crippen LogP contribution in [0.1, 0.15) is 24.3 Å². The van der Waals surface area contributed by atoms with Crippen molar-refractivity contribution in [2.75, 3.05) is 0 Å². The molecule has 0 aliphatic heterocycles. The van der Waals surface area contributed by atoms with E-state index in [2.05, 4.69) is 9.97 Å². The van der Waals surface area contributed by atoms with E-state index >= 15 is 0 Å². The predicted octanol–water partition coefficient (Wildman–Crippen LogP) is 5.05. The average molecular weight is 428 g/mol. The van der Waals surface area contributed by atoms with Gasteiger partial charge in [0, 0.05) is 5.56 Å². The number of aromatic nitrogens is 3. The Labute approximate surface area is 175 Å². The second-order valence-electron chi connectivity index (χ2n) is 5.63. The Morgan fingerprint density at radius 2 is 1.59 bits per heavy atom. The first kappa shape index (κ1) is 20.7. The van der Waals surface area contributed by atoms with Gasteiger partial charge < -0.3 is 5.11 Å². The molecule has 0 saturated heterocycles. The van der Waals surface area contributed by atoms with Gasteiger partial charge in [-0.25, -0.2) is 22.9 Å². The summed E-state index contributed by atoms with van der Waals surface area (Å²) in [5.74, 6) is -0.899. The fourth-order valence-electron chi connectivity index (χ4n) is 2.69. The quantitative estimate of drug-likeness (QED) is 0.461. The Kier molecular flexibility index (Phi) is 6.41. The van der Waals surface area contributed by atoms with Gasteiger partial charge in [0.15, 0.2) is 22.5 Å². The van der Waals surface area contributed by atoms with Crippen molar-refractivity contribution < 1.29 is 14.1 Å². The van der Waals surface area contributed by atoms with E-state index in [1.807, 2.05) is 44.2 Å². The molecule has 0 spiro atoms. The minimum Gasteiger partial charge on any atom is -0.477 e. The van der Waals surface area contributed by atoms with Gasteiger partial charge in [-0.15, -0.1) is 0 Å². The van der Waals surface area contributed by atoms with E-state index in [-0.39, 0.29) is 16.5 Å². The van der Waals surface area contributed by atoms with Gasteiger partial charge >= 0.3 is 5.97 Å². The second kappa shape index (κ2) is 8.98. The summed E-state index contributed by atoms with van der Waals surface area (Å²) in [5, 5.41) is 10.0. The Bertz CT molecular complexity index is 1180. The van der Waals surface area contributed by atoms with Crippen molar-refractivity contribution >= 4 is 39.6 Å². The van der Waals surface area contributed by atoms with Crippen LogP contribution in [0.2, 0.25) is 5.15 Å². The highest BCUT2D eigenvalue weighted by atomic mass is 35.5. The lowest BCUT2D eigenvalue weighted by Gasteiger charge is -2.08. The molecule has 1 atom stereocenters. The minimum atomic E-state index is -1.81. The molecular weight excluding hydrogens is 410 g/mol. The number of carbonyl (C=O) groups is 1. The van der Waals surface area contributed by atoms with Gasteiger partial charge in [0.05, 0.1) is 10.3 Å². The molecule has 0 radical (unpaired) electrons. The van der Waals surface area contributed by atoms with Crippen molar-refractivity contribution in [2.45, 2.75) is 18.7 Å². The summed E-state index contributed by atoms with van der Waals surface area (Å²) in [6.07, 6.45) is 0. The molecule has 4 aromatic rings. The maximum atomic E-state index is 13.1. The number of halogens is 1. The van der Waals surface area contributed by atoms with Gasteiger partial charge in [-0.1, -0.05) is 74.0 Å². The predicted molar refractivity (Wildman–Crippen MR) is 115 cm³/mol. The monoisotopic (exact) mass is 427 g/mol. The van der Waals surface area contributed by atoms with Gasteiger partial charge in [-0.2, -0.15) is 0 Å². The molecule has 0 aliphatic rings. The van der Waals surface area contributed by atoms with Gasteiger partial charge in [0.25, 0.3) is 0 Å². The third-order valence-corrected chi connectivity index (χ3v) is 5.60. The number of hydrogen-bond donors (Lipinski definition) is 1. The number of carboxylic acid groups (broad SMARTS) is 1. The molecule has 2 aromatic heterocycles. The molecule has 2 heterocycles. The summed E-state index contributed by atoms with van der Waals surface area (Å²) in [6, 6.07) is 19.1. The molecule has 0 bridgehead atoms. The maximum Gasteiger partial charge on any atom is 0.353 e. The van der Waals surface area contributed by atoms with Crippen molar-refractivity contribution in [3.63, 3.8) is 0 Å². The molecule has 0 saturated carbocycles. The van der Waals surface area contributed by atoms with Gasteiger partial charge in [0.1, 0.15) is 10.8 Å². The van der Waals surface area contributed by atoms with E-state index in [4.69, 9.17) is 11.6 Å². The van der Waals surface area contributed by atoms with Gasteiger partial charge in [-0.3, -0.25) is 0 Å². The summed E-state index contributed by atoms with van der Waals surface area (Å²) >= 11 is 6.30. The van der Waals surface area contributed by atoms with Gasteiger partial charge in [-0.05, 0) is 18.2 Å². The molecule has 148 valence electrons.